The average molecular weight is 353 g/mol. The number of anilines is 2. The minimum Gasteiger partial charge on any atom is -0.497 e. The summed E-state index contributed by atoms with van der Waals surface area (Å²) in [6.07, 6.45) is 0. The summed E-state index contributed by atoms with van der Waals surface area (Å²) in [6.45, 7) is 5.54. The molecule has 0 aromatic heterocycles. The largest absolute Gasteiger partial charge is 0.497 e. The van der Waals surface area contributed by atoms with Crippen molar-refractivity contribution in [1.29, 1.82) is 0 Å². The van der Waals surface area contributed by atoms with Gasteiger partial charge in [-0.3, -0.25) is 9.69 Å². The second-order valence-electron chi connectivity index (χ2n) is 6.63. The van der Waals surface area contributed by atoms with E-state index in [1.165, 1.54) is 5.69 Å². The molecule has 26 heavy (non-hydrogen) atoms. The number of benzene rings is 2. The highest BCUT2D eigenvalue weighted by Crippen LogP contribution is 2.23. The fourth-order valence-electron chi connectivity index (χ4n) is 3.39. The zero-order valence-corrected chi connectivity index (χ0v) is 15.8. The van der Waals surface area contributed by atoms with Crippen LogP contribution in [-0.4, -0.2) is 57.2 Å². The van der Waals surface area contributed by atoms with Crippen LogP contribution in [0, 0.1) is 0 Å². The molecular formula is C21H27N3O2. The molecule has 0 aliphatic carbocycles. The van der Waals surface area contributed by atoms with E-state index in [0.29, 0.717) is 0 Å². The average Bonchev–Trinajstić information content (AvgIpc) is 2.73. The molecule has 138 valence electrons. The molecule has 0 spiro atoms. The van der Waals surface area contributed by atoms with E-state index in [1.54, 1.807) is 12.0 Å². The summed E-state index contributed by atoms with van der Waals surface area (Å²) < 4.78 is 5.32. The summed E-state index contributed by atoms with van der Waals surface area (Å²) >= 11 is 0. The number of para-hydroxylation sites is 1. The number of amides is 1. The maximum Gasteiger partial charge on any atom is 0.243 e. The summed E-state index contributed by atoms with van der Waals surface area (Å²) in [4.78, 5) is 19.2. The topological polar surface area (TPSA) is 36.0 Å². The van der Waals surface area contributed by atoms with Gasteiger partial charge < -0.3 is 14.5 Å². The molecule has 1 atom stereocenters. The Kier molecular flexibility index (Phi) is 5.78. The molecule has 1 aliphatic rings. The lowest BCUT2D eigenvalue weighted by atomic mass is 10.1. The smallest absolute Gasteiger partial charge is 0.243 e. The Morgan fingerprint density at radius 3 is 2.38 bits per heavy atom. The van der Waals surface area contributed by atoms with Crippen LogP contribution >= 0.6 is 0 Å². The monoisotopic (exact) mass is 353 g/mol. The number of piperazine rings is 1. The number of likely N-dealkylation sites (N-methyl/N-ethyl adjacent to an activating group) is 1. The van der Waals surface area contributed by atoms with E-state index >= 15 is 0 Å². The van der Waals surface area contributed by atoms with E-state index in [9.17, 15) is 4.79 Å². The first-order chi connectivity index (χ1) is 12.6. The number of rotatable bonds is 5. The molecule has 3 rings (SSSR count). The zero-order chi connectivity index (χ0) is 18.5. The molecule has 0 bridgehead atoms. The molecule has 0 radical (unpaired) electrons. The van der Waals surface area contributed by atoms with Crippen molar-refractivity contribution in [3.63, 3.8) is 0 Å². The number of hydrogen-bond donors (Lipinski definition) is 0. The van der Waals surface area contributed by atoms with Gasteiger partial charge in [0.05, 0.1) is 13.2 Å². The van der Waals surface area contributed by atoms with Crippen LogP contribution < -0.4 is 14.5 Å². The summed E-state index contributed by atoms with van der Waals surface area (Å²) in [5, 5.41) is 0. The van der Waals surface area contributed by atoms with E-state index in [0.717, 1.165) is 37.6 Å². The number of methoxy groups -OCH3 is 1. The molecule has 1 amide bonds. The fraction of sp³-hybridized carbons (Fsp3) is 0.381. The highest BCUT2D eigenvalue weighted by atomic mass is 16.5. The van der Waals surface area contributed by atoms with Crippen LogP contribution in [0.25, 0.3) is 0 Å². The predicted molar refractivity (Wildman–Crippen MR) is 106 cm³/mol. The molecule has 5 heteroatoms. The van der Waals surface area contributed by atoms with Crippen molar-refractivity contribution in [2.45, 2.75) is 13.0 Å². The highest BCUT2D eigenvalue weighted by molar-refractivity contribution is 5.96. The molecule has 1 fully saturated rings. The van der Waals surface area contributed by atoms with Gasteiger partial charge in [-0.15, -0.1) is 0 Å². The van der Waals surface area contributed by atoms with Crippen LogP contribution in [0.2, 0.25) is 0 Å². The van der Waals surface area contributed by atoms with Gasteiger partial charge in [-0.05, 0) is 31.2 Å². The van der Waals surface area contributed by atoms with E-state index < -0.39 is 0 Å². The third-order valence-electron chi connectivity index (χ3n) is 5.11. The number of carbonyl (C=O) groups is 1. The third kappa shape index (κ3) is 3.99. The minimum atomic E-state index is -0.132. The van der Waals surface area contributed by atoms with Crippen molar-refractivity contribution in [3.8, 4) is 5.75 Å². The van der Waals surface area contributed by atoms with Crippen LogP contribution in [0.5, 0.6) is 5.75 Å². The number of carbonyl (C=O) groups excluding carboxylic acids is 1. The molecule has 0 saturated carbocycles. The van der Waals surface area contributed by atoms with Crippen LogP contribution in [-0.2, 0) is 4.79 Å². The molecule has 1 aliphatic heterocycles. The highest BCUT2D eigenvalue weighted by Gasteiger charge is 2.28. The van der Waals surface area contributed by atoms with Gasteiger partial charge in [-0.25, -0.2) is 0 Å². The second-order valence-corrected chi connectivity index (χ2v) is 6.63. The quantitative estimate of drug-likeness (QED) is 0.828. The normalized spacial score (nSPS) is 16.2. The summed E-state index contributed by atoms with van der Waals surface area (Å²) in [6, 6.07) is 17.8. The Bertz CT molecular complexity index is 727. The molecule has 2 aromatic carbocycles. The lowest BCUT2D eigenvalue weighted by Gasteiger charge is -2.39. The van der Waals surface area contributed by atoms with Gasteiger partial charge in [-0.2, -0.15) is 0 Å². The lowest BCUT2D eigenvalue weighted by Crippen LogP contribution is -2.54. The van der Waals surface area contributed by atoms with E-state index in [4.69, 9.17) is 4.74 Å². The zero-order valence-electron chi connectivity index (χ0n) is 15.8. The number of nitrogens with zero attached hydrogens (tertiary/aromatic N) is 3. The van der Waals surface area contributed by atoms with Gasteiger partial charge in [0.15, 0.2) is 0 Å². The van der Waals surface area contributed by atoms with Gasteiger partial charge in [-0.1, -0.05) is 24.3 Å². The number of ether oxygens (including phenoxy) is 1. The standard InChI is InChI=1S/C21H27N3O2/c1-17(21(25)22(2)18-8-5-4-6-9-18)23-12-14-24(15-13-23)19-10-7-11-20(16-19)26-3/h4-11,16-17H,12-15H2,1-3H3/t17-/m0/s1. The second kappa shape index (κ2) is 8.23. The Hall–Kier alpha value is -2.53. The Morgan fingerprint density at radius 2 is 1.73 bits per heavy atom. The molecule has 0 N–H and O–H groups in total. The molecule has 1 saturated heterocycles. The van der Waals surface area contributed by atoms with Crippen LogP contribution in [0.1, 0.15) is 6.92 Å². The van der Waals surface area contributed by atoms with Gasteiger partial charge >= 0.3 is 0 Å². The molecule has 0 unspecified atom stereocenters. The van der Waals surface area contributed by atoms with Gasteiger partial charge in [0.25, 0.3) is 0 Å². The lowest BCUT2D eigenvalue weighted by molar-refractivity contribution is -0.123. The molecular weight excluding hydrogens is 326 g/mol. The third-order valence-corrected chi connectivity index (χ3v) is 5.11. The predicted octanol–water partition coefficient (Wildman–Crippen LogP) is 2.87. The minimum absolute atomic E-state index is 0.131. The van der Waals surface area contributed by atoms with Crippen molar-refractivity contribution in [3.05, 3.63) is 54.6 Å². The Morgan fingerprint density at radius 1 is 1.04 bits per heavy atom. The molecule has 5 nitrogen and oxygen atoms in total. The van der Waals surface area contributed by atoms with Crippen LogP contribution in [0.3, 0.4) is 0 Å². The van der Waals surface area contributed by atoms with Crippen LogP contribution in [0.15, 0.2) is 54.6 Å². The van der Waals surface area contributed by atoms with Gasteiger partial charge in [0.1, 0.15) is 5.75 Å². The van der Waals surface area contributed by atoms with E-state index in [2.05, 4.69) is 21.9 Å². The molecule has 1 heterocycles. The Balaban J connectivity index is 1.59. The van der Waals surface area contributed by atoms with E-state index in [1.807, 2.05) is 56.4 Å². The van der Waals surface area contributed by atoms with Crippen molar-refractivity contribution < 1.29 is 9.53 Å². The first kappa shape index (κ1) is 18.3. The van der Waals surface area contributed by atoms with Crippen molar-refractivity contribution in [1.82, 2.24) is 4.90 Å². The number of hydrogen-bond acceptors (Lipinski definition) is 4. The summed E-state index contributed by atoms with van der Waals surface area (Å²) in [5.41, 5.74) is 2.10. The summed E-state index contributed by atoms with van der Waals surface area (Å²) in [5.74, 6) is 1.00. The fourth-order valence-corrected chi connectivity index (χ4v) is 3.39. The van der Waals surface area contributed by atoms with Crippen molar-refractivity contribution >= 4 is 17.3 Å². The summed E-state index contributed by atoms with van der Waals surface area (Å²) in [7, 11) is 3.54. The first-order valence-corrected chi connectivity index (χ1v) is 9.06. The first-order valence-electron chi connectivity index (χ1n) is 9.06. The van der Waals surface area contributed by atoms with Crippen molar-refractivity contribution in [2.75, 3.05) is 50.1 Å². The van der Waals surface area contributed by atoms with Crippen LogP contribution in [0.4, 0.5) is 11.4 Å². The maximum atomic E-state index is 12.8. The molecule has 2 aromatic rings. The van der Waals surface area contributed by atoms with E-state index in [-0.39, 0.29) is 11.9 Å². The van der Waals surface area contributed by atoms with Crippen molar-refractivity contribution in [2.24, 2.45) is 0 Å². The SMILES string of the molecule is COc1cccc(N2CCN([C@@H](C)C(=O)N(C)c3ccccc3)CC2)c1. The van der Waals surface area contributed by atoms with Gasteiger partial charge in [0, 0.05) is 50.7 Å². The van der Waals surface area contributed by atoms with Gasteiger partial charge in [0.2, 0.25) is 5.91 Å². The maximum absolute atomic E-state index is 12.8. The Labute approximate surface area is 155 Å².